The molecule has 0 heterocycles. The second-order valence-corrected chi connectivity index (χ2v) is 5.49. The van der Waals surface area contributed by atoms with Gasteiger partial charge in [-0.25, -0.2) is 4.79 Å². The van der Waals surface area contributed by atoms with Crippen molar-refractivity contribution in [2.45, 2.75) is 64.1 Å². The van der Waals surface area contributed by atoms with Crippen LogP contribution in [0.1, 0.15) is 56.9 Å². The summed E-state index contributed by atoms with van der Waals surface area (Å²) in [6.07, 6.45) is 7.54. The second kappa shape index (κ2) is 11.9. The van der Waals surface area contributed by atoms with Gasteiger partial charge in [-0.1, -0.05) is 62.4 Å². The number of unbranched alkanes of at least 4 members (excludes halogenated alkanes) is 6. The minimum atomic E-state index is -0.887. The molecule has 4 heteroatoms. The van der Waals surface area contributed by atoms with Gasteiger partial charge in [-0.05, 0) is 18.4 Å². The summed E-state index contributed by atoms with van der Waals surface area (Å²) in [4.78, 5) is 21.4. The number of benzene rings is 1. The average Bonchev–Trinajstić information content (AvgIpc) is 2.53. The lowest BCUT2D eigenvalue weighted by Gasteiger charge is -2.13. The molecule has 1 atom stereocenters. The van der Waals surface area contributed by atoms with Crippen LogP contribution in [-0.2, 0) is 20.9 Å². The highest BCUT2D eigenvalue weighted by molar-refractivity contribution is 5.72. The Balaban J connectivity index is 2.13. The van der Waals surface area contributed by atoms with E-state index in [1.54, 1.807) is 0 Å². The van der Waals surface area contributed by atoms with Crippen molar-refractivity contribution in [3.05, 3.63) is 35.9 Å². The summed E-state index contributed by atoms with van der Waals surface area (Å²) >= 11 is 0. The SMILES string of the molecule is O=CCCCCCCCCC(OCc1ccccc1)C(=O)O. The van der Waals surface area contributed by atoms with Crippen molar-refractivity contribution in [1.29, 1.82) is 0 Å². The molecule has 1 aromatic carbocycles. The molecular weight excluding hydrogens is 280 g/mol. The van der Waals surface area contributed by atoms with Crippen LogP contribution in [0.5, 0.6) is 0 Å². The van der Waals surface area contributed by atoms with Crippen molar-refractivity contribution >= 4 is 12.3 Å². The molecule has 1 N–H and O–H groups in total. The van der Waals surface area contributed by atoms with Crippen molar-refractivity contribution in [3.8, 4) is 0 Å². The van der Waals surface area contributed by atoms with Crippen LogP contribution in [0.25, 0.3) is 0 Å². The van der Waals surface area contributed by atoms with Crippen LogP contribution in [0, 0.1) is 0 Å². The monoisotopic (exact) mass is 306 g/mol. The number of hydrogen-bond donors (Lipinski definition) is 1. The predicted octanol–water partition coefficient (Wildman–Crippen LogP) is 3.98. The molecule has 0 amide bonds. The summed E-state index contributed by atoms with van der Waals surface area (Å²) in [5.41, 5.74) is 0.990. The maximum atomic E-state index is 11.2. The van der Waals surface area contributed by atoms with E-state index >= 15 is 0 Å². The molecule has 4 nitrogen and oxygen atoms in total. The molecule has 1 aromatic rings. The third kappa shape index (κ3) is 8.57. The molecule has 122 valence electrons. The van der Waals surface area contributed by atoms with E-state index < -0.39 is 12.1 Å². The van der Waals surface area contributed by atoms with E-state index in [1.165, 1.54) is 0 Å². The normalized spacial score (nSPS) is 12.0. The van der Waals surface area contributed by atoms with Gasteiger partial charge in [-0.2, -0.15) is 0 Å². The van der Waals surface area contributed by atoms with Crippen molar-refractivity contribution < 1.29 is 19.4 Å². The lowest BCUT2D eigenvalue weighted by atomic mass is 10.1. The summed E-state index contributed by atoms with van der Waals surface area (Å²) < 4.78 is 5.51. The molecule has 1 unspecified atom stereocenters. The van der Waals surface area contributed by atoms with E-state index in [2.05, 4.69) is 0 Å². The smallest absolute Gasteiger partial charge is 0.332 e. The number of aliphatic carboxylic acids is 1. The van der Waals surface area contributed by atoms with Gasteiger partial charge >= 0.3 is 5.97 Å². The van der Waals surface area contributed by atoms with Crippen LogP contribution >= 0.6 is 0 Å². The molecule has 0 aliphatic rings. The Morgan fingerprint density at radius 1 is 1.05 bits per heavy atom. The predicted molar refractivity (Wildman–Crippen MR) is 85.7 cm³/mol. The van der Waals surface area contributed by atoms with E-state index in [9.17, 15) is 14.7 Å². The molecule has 0 fully saturated rings. The Bertz CT molecular complexity index is 416. The third-order valence-corrected chi connectivity index (χ3v) is 3.61. The van der Waals surface area contributed by atoms with Gasteiger partial charge in [0, 0.05) is 6.42 Å². The first-order valence-corrected chi connectivity index (χ1v) is 8.06. The Hall–Kier alpha value is -1.68. The van der Waals surface area contributed by atoms with Gasteiger partial charge in [-0.15, -0.1) is 0 Å². The molecule has 0 aliphatic carbocycles. The van der Waals surface area contributed by atoms with Crippen molar-refractivity contribution in [1.82, 2.24) is 0 Å². The minimum Gasteiger partial charge on any atom is -0.479 e. The Labute approximate surface area is 132 Å². The number of rotatable bonds is 13. The summed E-state index contributed by atoms with van der Waals surface area (Å²) in [7, 11) is 0. The third-order valence-electron chi connectivity index (χ3n) is 3.61. The molecule has 22 heavy (non-hydrogen) atoms. The van der Waals surface area contributed by atoms with Crippen LogP contribution < -0.4 is 0 Å². The van der Waals surface area contributed by atoms with Gasteiger partial charge in [0.1, 0.15) is 6.29 Å². The van der Waals surface area contributed by atoms with Crippen LogP contribution in [0.4, 0.5) is 0 Å². The number of carbonyl (C=O) groups excluding carboxylic acids is 1. The van der Waals surface area contributed by atoms with Crippen LogP contribution in [0.3, 0.4) is 0 Å². The van der Waals surface area contributed by atoms with Gasteiger partial charge in [0.15, 0.2) is 6.10 Å². The standard InChI is InChI=1S/C18H26O4/c19-14-10-5-3-1-2-4-9-13-17(18(20)21)22-15-16-11-7-6-8-12-16/h6-8,11-12,14,17H,1-5,9-10,13,15H2,(H,20,21). The maximum absolute atomic E-state index is 11.2. The largest absolute Gasteiger partial charge is 0.479 e. The van der Waals surface area contributed by atoms with Crippen molar-refractivity contribution in [2.24, 2.45) is 0 Å². The Morgan fingerprint density at radius 2 is 1.68 bits per heavy atom. The molecule has 0 radical (unpaired) electrons. The first kappa shape index (κ1) is 18.4. The van der Waals surface area contributed by atoms with Crippen molar-refractivity contribution in [2.75, 3.05) is 0 Å². The Kier molecular flexibility index (Phi) is 9.96. The summed E-state index contributed by atoms with van der Waals surface area (Å²) in [6.45, 7) is 0.337. The number of aldehydes is 1. The zero-order valence-corrected chi connectivity index (χ0v) is 13.1. The summed E-state index contributed by atoms with van der Waals surface area (Å²) in [5.74, 6) is -0.887. The van der Waals surface area contributed by atoms with E-state index in [-0.39, 0.29) is 0 Å². The molecule has 0 aliphatic heterocycles. The molecule has 0 saturated heterocycles. The fourth-order valence-corrected chi connectivity index (χ4v) is 2.31. The number of carboxylic acids is 1. The minimum absolute atomic E-state index is 0.337. The quantitative estimate of drug-likeness (QED) is 0.442. The molecular formula is C18H26O4. The molecule has 0 saturated carbocycles. The van der Waals surface area contributed by atoms with Gasteiger partial charge < -0.3 is 14.6 Å². The molecule has 0 aromatic heterocycles. The lowest BCUT2D eigenvalue weighted by molar-refractivity contribution is -0.151. The summed E-state index contributed by atoms with van der Waals surface area (Å²) in [5, 5.41) is 9.19. The Morgan fingerprint density at radius 3 is 2.32 bits per heavy atom. The van der Waals surface area contributed by atoms with Gasteiger partial charge in [0.05, 0.1) is 6.61 Å². The van der Waals surface area contributed by atoms with E-state index in [1.807, 2.05) is 30.3 Å². The van der Waals surface area contributed by atoms with E-state index in [4.69, 9.17) is 4.74 Å². The zero-order chi connectivity index (χ0) is 16.0. The highest BCUT2D eigenvalue weighted by atomic mass is 16.5. The van der Waals surface area contributed by atoms with Crippen LogP contribution in [0.2, 0.25) is 0 Å². The number of hydrogen-bond acceptors (Lipinski definition) is 3. The van der Waals surface area contributed by atoms with Gasteiger partial charge in [-0.3, -0.25) is 0 Å². The molecule has 1 rings (SSSR count). The van der Waals surface area contributed by atoms with Gasteiger partial charge in [0.25, 0.3) is 0 Å². The summed E-state index contributed by atoms with van der Waals surface area (Å²) in [6, 6.07) is 9.61. The fraction of sp³-hybridized carbons (Fsp3) is 0.556. The maximum Gasteiger partial charge on any atom is 0.332 e. The number of ether oxygens (including phenoxy) is 1. The van der Waals surface area contributed by atoms with Gasteiger partial charge in [0.2, 0.25) is 0 Å². The zero-order valence-electron chi connectivity index (χ0n) is 13.1. The first-order valence-electron chi connectivity index (χ1n) is 8.06. The second-order valence-electron chi connectivity index (χ2n) is 5.49. The number of carbonyl (C=O) groups is 2. The molecule has 0 bridgehead atoms. The highest BCUT2D eigenvalue weighted by Crippen LogP contribution is 2.13. The van der Waals surface area contributed by atoms with E-state index in [0.717, 1.165) is 50.4 Å². The van der Waals surface area contributed by atoms with Crippen molar-refractivity contribution in [3.63, 3.8) is 0 Å². The van der Waals surface area contributed by atoms with Crippen LogP contribution in [-0.4, -0.2) is 23.5 Å². The lowest BCUT2D eigenvalue weighted by Crippen LogP contribution is -2.23. The topological polar surface area (TPSA) is 63.6 Å². The highest BCUT2D eigenvalue weighted by Gasteiger charge is 2.17. The first-order chi connectivity index (χ1) is 10.7. The average molecular weight is 306 g/mol. The van der Waals surface area contributed by atoms with Crippen LogP contribution in [0.15, 0.2) is 30.3 Å². The van der Waals surface area contributed by atoms with E-state index in [0.29, 0.717) is 19.4 Å². The number of carboxylic acid groups (broad SMARTS) is 1. The molecule has 0 spiro atoms. The fourth-order valence-electron chi connectivity index (χ4n) is 2.31.